The number of hydrogen-bond acceptors (Lipinski definition) is 4. The van der Waals surface area contributed by atoms with Gasteiger partial charge in [-0.15, -0.1) is 24.0 Å². The molecule has 8 heteroatoms. The van der Waals surface area contributed by atoms with Crippen molar-refractivity contribution < 1.29 is 13.2 Å². The molecular weight excluding hydrogens is 489 g/mol. The number of sulfone groups is 1. The smallest absolute Gasteiger partial charge is 0.191 e. The second-order valence-corrected chi connectivity index (χ2v) is 11.7. The van der Waals surface area contributed by atoms with Crippen LogP contribution in [0.5, 0.6) is 0 Å². The van der Waals surface area contributed by atoms with Crippen LogP contribution in [-0.2, 0) is 14.6 Å². The highest BCUT2D eigenvalue weighted by Crippen LogP contribution is 2.35. The zero-order valence-electron chi connectivity index (χ0n) is 17.4. The van der Waals surface area contributed by atoms with Crippen LogP contribution in [0.3, 0.4) is 0 Å². The largest absolute Gasteiger partial charge is 0.376 e. The van der Waals surface area contributed by atoms with Gasteiger partial charge in [-0.05, 0) is 56.3 Å². The maximum Gasteiger partial charge on any atom is 0.191 e. The summed E-state index contributed by atoms with van der Waals surface area (Å²) < 4.78 is 29.3. The average Bonchev–Trinajstić information content (AvgIpc) is 2.96. The normalized spacial score (nSPS) is 32.4. The minimum absolute atomic E-state index is 0. The summed E-state index contributed by atoms with van der Waals surface area (Å²) in [6.07, 6.45) is 9.30. The van der Waals surface area contributed by atoms with Gasteiger partial charge in [0.05, 0.1) is 17.6 Å². The lowest BCUT2D eigenvalue weighted by atomic mass is 9.75. The monoisotopic (exact) mass is 527 g/mol. The first-order valence-electron chi connectivity index (χ1n) is 10.7. The summed E-state index contributed by atoms with van der Waals surface area (Å²) >= 11 is 0. The number of halogens is 1. The molecule has 164 valence electrons. The molecule has 3 unspecified atom stereocenters. The van der Waals surface area contributed by atoms with Gasteiger partial charge >= 0.3 is 0 Å². The molecule has 0 spiro atoms. The third kappa shape index (κ3) is 7.97. The Hall–Kier alpha value is -0.0900. The van der Waals surface area contributed by atoms with E-state index < -0.39 is 9.84 Å². The van der Waals surface area contributed by atoms with Gasteiger partial charge in [0.25, 0.3) is 0 Å². The first kappa shape index (κ1) is 24.2. The summed E-state index contributed by atoms with van der Waals surface area (Å²) in [5.74, 6) is 1.58. The average molecular weight is 528 g/mol. The predicted molar refractivity (Wildman–Crippen MR) is 125 cm³/mol. The maximum atomic E-state index is 11.7. The molecule has 0 aromatic carbocycles. The lowest BCUT2D eigenvalue weighted by Gasteiger charge is -2.36. The van der Waals surface area contributed by atoms with Crippen molar-refractivity contribution in [2.24, 2.45) is 16.3 Å². The van der Waals surface area contributed by atoms with E-state index in [1.807, 2.05) is 0 Å². The molecule has 2 saturated heterocycles. The Kier molecular flexibility index (Phi) is 9.32. The number of aliphatic imine (C=N–C) groups is 1. The highest BCUT2D eigenvalue weighted by atomic mass is 127. The van der Waals surface area contributed by atoms with Gasteiger partial charge in [-0.2, -0.15) is 0 Å². The minimum Gasteiger partial charge on any atom is -0.376 e. The van der Waals surface area contributed by atoms with Gasteiger partial charge in [0.1, 0.15) is 0 Å². The van der Waals surface area contributed by atoms with E-state index in [0.717, 1.165) is 44.8 Å². The Bertz CT molecular complexity index is 618. The third-order valence-electron chi connectivity index (χ3n) is 6.15. The Morgan fingerprint density at radius 1 is 1.18 bits per heavy atom. The second kappa shape index (κ2) is 10.8. The van der Waals surface area contributed by atoms with Crippen LogP contribution < -0.4 is 10.6 Å². The van der Waals surface area contributed by atoms with Gasteiger partial charge < -0.3 is 15.4 Å². The highest BCUT2D eigenvalue weighted by Gasteiger charge is 2.30. The number of guanidine groups is 1. The molecule has 1 saturated carbocycles. The summed E-state index contributed by atoms with van der Waals surface area (Å²) in [5, 5.41) is 7.10. The summed E-state index contributed by atoms with van der Waals surface area (Å²) in [6, 6.07) is 0.430. The fourth-order valence-electron chi connectivity index (χ4n) is 4.58. The molecule has 2 N–H and O–H groups in total. The molecule has 3 atom stereocenters. The molecule has 3 fully saturated rings. The predicted octanol–water partition coefficient (Wildman–Crippen LogP) is 3.11. The number of nitrogens with zero attached hydrogens (tertiary/aromatic N) is 1. The molecule has 0 radical (unpaired) electrons. The fourth-order valence-corrected chi connectivity index (χ4v) is 6.43. The van der Waals surface area contributed by atoms with Gasteiger partial charge in [0, 0.05) is 25.7 Å². The van der Waals surface area contributed by atoms with Crippen molar-refractivity contribution in [1.29, 1.82) is 0 Å². The van der Waals surface area contributed by atoms with Gasteiger partial charge in [-0.1, -0.05) is 20.3 Å². The van der Waals surface area contributed by atoms with Crippen LogP contribution in [0.1, 0.15) is 65.2 Å². The molecule has 2 aliphatic heterocycles. The van der Waals surface area contributed by atoms with Crippen LogP contribution >= 0.6 is 24.0 Å². The van der Waals surface area contributed by atoms with Crippen molar-refractivity contribution in [3.63, 3.8) is 0 Å². The van der Waals surface area contributed by atoms with Crippen LogP contribution in [0.2, 0.25) is 0 Å². The van der Waals surface area contributed by atoms with Crippen LogP contribution in [-0.4, -0.2) is 57.7 Å². The summed E-state index contributed by atoms with van der Waals surface area (Å²) in [5.41, 5.74) is 0.368. The first-order chi connectivity index (χ1) is 12.8. The Labute approximate surface area is 188 Å². The molecule has 2 heterocycles. The molecule has 0 amide bonds. The SMILES string of the molecule is CC1(C)CCCC(NC(=NCC2CCS(=O)(=O)C2)NCC2CCCCO2)C1.I. The van der Waals surface area contributed by atoms with E-state index in [1.165, 1.54) is 25.7 Å². The van der Waals surface area contributed by atoms with E-state index in [2.05, 4.69) is 24.5 Å². The Morgan fingerprint density at radius 2 is 2.00 bits per heavy atom. The van der Waals surface area contributed by atoms with Gasteiger partial charge in [-0.3, -0.25) is 4.99 Å². The van der Waals surface area contributed by atoms with Crippen LogP contribution in [0.25, 0.3) is 0 Å². The van der Waals surface area contributed by atoms with E-state index in [-0.39, 0.29) is 41.8 Å². The highest BCUT2D eigenvalue weighted by molar-refractivity contribution is 14.0. The summed E-state index contributed by atoms with van der Waals surface area (Å²) in [6.45, 7) is 6.87. The minimum atomic E-state index is -2.85. The van der Waals surface area contributed by atoms with Gasteiger partial charge in [-0.25, -0.2) is 8.42 Å². The quantitative estimate of drug-likeness (QED) is 0.327. The molecule has 0 aromatic heterocycles. The van der Waals surface area contributed by atoms with Crippen molar-refractivity contribution in [2.75, 3.05) is 31.2 Å². The standard InChI is InChI=1S/C20H37N3O3S.HI/c1-20(2)9-5-6-17(12-20)23-19(22-14-18-7-3-4-10-26-18)21-13-16-8-11-27(24,25)15-16;/h16-18H,3-15H2,1-2H3,(H2,21,22,23);1H. The van der Waals surface area contributed by atoms with Crippen molar-refractivity contribution in [3.8, 4) is 0 Å². The molecule has 28 heavy (non-hydrogen) atoms. The zero-order valence-corrected chi connectivity index (χ0v) is 20.6. The summed E-state index contributed by atoms with van der Waals surface area (Å²) in [7, 11) is -2.85. The Morgan fingerprint density at radius 3 is 2.64 bits per heavy atom. The van der Waals surface area contributed by atoms with Crippen LogP contribution in [0.15, 0.2) is 4.99 Å². The topological polar surface area (TPSA) is 79.8 Å². The number of nitrogens with one attached hydrogen (secondary N) is 2. The maximum absolute atomic E-state index is 11.7. The van der Waals surface area contributed by atoms with Gasteiger partial charge in [0.15, 0.2) is 15.8 Å². The third-order valence-corrected chi connectivity index (χ3v) is 7.99. The lowest BCUT2D eigenvalue weighted by Crippen LogP contribution is -2.48. The van der Waals surface area contributed by atoms with E-state index in [1.54, 1.807) is 0 Å². The summed E-state index contributed by atoms with van der Waals surface area (Å²) in [4.78, 5) is 4.77. The molecule has 3 rings (SSSR count). The zero-order chi connectivity index (χ0) is 19.3. The number of ether oxygens (including phenoxy) is 1. The van der Waals surface area contributed by atoms with Crippen LogP contribution in [0.4, 0.5) is 0 Å². The molecule has 0 bridgehead atoms. The molecule has 1 aliphatic carbocycles. The second-order valence-electron chi connectivity index (χ2n) is 9.43. The van der Waals surface area contributed by atoms with Crippen molar-refractivity contribution in [2.45, 2.75) is 77.4 Å². The number of hydrogen-bond donors (Lipinski definition) is 2. The van der Waals surface area contributed by atoms with Crippen molar-refractivity contribution >= 4 is 39.8 Å². The van der Waals surface area contributed by atoms with Crippen LogP contribution in [0, 0.1) is 11.3 Å². The van der Waals surface area contributed by atoms with E-state index in [9.17, 15) is 8.42 Å². The molecular formula is C20H38IN3O3S. The van der Waals surface area contributed by atoms with E-state index in [4.69, 9.17) is 9.73 Å². The molecule has 6 nitrogen and oxygen atoms in total. The van der Waals surface area contributed by atoms with Crippen molar-refractivity contribution in [3.05, 3.63) is 0 Å². The molecule has 3 aliphatic rings. The van der Waals surface area contributed by atoms with E-state index in [0.29, 0.717) is 23.8 Å². The fraction of sp³-hybridized carbons (Fsp3) is 0.950. The first-order valence-corrected chi connectivity index (χ1v) is 12.5. The number of rotatable bonds is 5. The molecule has 0 aromatic rings. The lowest BCUT2D eigenvalue weighted by molar-refractivity contribution is 0.0193. The van der Waals surface area contributed by atoms with E-state index >= 15 is 0 Å². The van der Waals surface area contributed by atoms with Crippen molar-refractivity contribution in [1.82, 2.24) is 10.6 Å². The van der Waals surface area contributed by atoms with Gasteiger partial charge in [0.2, 0.25) is 0 Å². The Balaban J connectivity index is 0.00000280.